The molecule has 2 aromatic carbocycles. The number of nitrogens with one attached hydrogen (secondary N) is 3. The van der Waals surface area contributed by atoms with Crippen LogP contribution < -0.4 is 16.0 Å². The van der Waals surface area contributed by atoms with Gasteiger partial charge in [-0.1, -0.05) is 36.4 Å². The highest BCUT2D eigenvalue weighted by atomic mass is 35.5. The zero-order valence-electron chi connectivity index (χ0n) is 13.9. The van der Waals surface area contributed by atoms with Crippen molar-refractivity contribution in [2.75, 3.05) is 5.32 Å². The van der Waals surface area contributed by atoms with E-state index in [0.29, 0.717) is 16.3 Å². The third-order valence-corrected chi connectivity index (χ3v) is 4.32. The van der Waals surface area contributed by atoms with Crippen molar-refractivity contribution in [3.05, 3.63) is 81.5 Å². The summed E-state index contributed by atoms with van der Waals surface area (Å²) in [6.45, 7) is 3.77. The third-order valence-electron chi connectivity index (χ3n) is 4.08. The second-order valence-electron chi connectivity index (χ2n) is 5.93. The van der Waals surface area contributed by atoms with E-state index in [1.807, 2.05) is 0 Å². The Balaban J connectivity index is 1.93. The number of rotatable bonds is 4. The largest absolute Gasteiger partial charge is 0.330 e. The second-order valence-corrected chi connectivity index (χ2v) is 6.37. The first-order chi connectivity index (χ1) is 12.8. The molecule has 3 amide bonds. The Morgan fingerprint density at radius 3 is 2.67 bits per heavy atom. The van der Waals surface area contributed by atoms with E-state index in [1.165, 1.54) is 18.2 Å². The van der Waals surface area contributed by atoms with Crippen LogP contribution in [0.15, 0.2) is 60.8 Å². The second kappa shape index (κ2) is 7.46. The van der Waals surface area contributed by atoms with Gasteiger partial charge in [-0.05, 0) is 23.8 Å². The minimum absolute atomic E-state index is 0.139. The maximum absolute atomic E-state index is 12.9. The van der Waals surface area contributed by atoms with Gasteiger partial charge in [-0.2, -0.15) is 0 Å². The number of amides is 3. The third kappa shape index (κ3) is 4.06. The average Bonchev–Trinajstić information content (AvgIpc) is 2.61. The fraction of sp³-hybridized carbons (Fsp3) is 0.111. The van der Waals surface area contributed by atoms with Gasteiger partial charge < -0.3 is 16.0 Å². The first kappa shape index (κ1) is 18.4. The number of carbonyl (C=O) groups is 2. The number of nitrogens with zero attached hydrogens (tertiary/aromatic N) is 1. The summed E-state index contributed by atoms with van der Waals surface area (Å²) in [4.78, 5) is 35.2. The van der Waals surface area contributed by atoms with Crippen molar-refractivity contribution in [3.63, 3.8) is 0 Å². The Labute approximate surface area is 159 Å². The Morgan fingerprint density at radius 2 is 1.96 bits per heavy atom. The van der Waals surface area contributed by atoms with Gasteiger partial charge in [-0.3, -0.25) is 14.9 Å². The molecule has 0 saturated carbocycles. The number of hydrogen-bond donors (Lipinski definition) is 3. The normalized spacial score (nSPS) is 19.0. The van der Waals surface area contributed by atoms with Gasteiger partial charge in [0.05, 0.1) is 11.0 Å². The van der Waals surface area contributed by atoms with E-state index >= 15 is 0 Å². The van der Waals surface area contributed by atoms with Crippen LogP contribution in [0, 0.1) is 16.0 Å². The maximum atomic E-state index is 12.9. The molecular weight excluding hydrogens is 372 g/mol. The molecule has 0 spiro atoms. The van der Waals surface area contributed by atoms with E-state index in [9.17, 15) is 19.7 Å². The van der Waals surface area contributed by atoms with E-state index in [-0.39, 0.29) is 11.4 Å². The molecular formula is C18H15ClN4O4. The highest BCUT2D eigenvalue weighted by Crippen LogP contribution is 2.32. The predicted octanol–water partition coefficient (Wildman–Crippen LogP) is 3.37. The summed E-state index contributed by atoms with van der Waals surface area (Å²) in [6, 6.07) is 11.0. The summed E-state index contributed by atoms with van der Waals surface area (Å²) in [5.41, 5.74) is 0.955. The summed E-state index contributed by atoms with van der Waals surface area (Å²) < 4.78 is 0. The number of urea groups is 1. The van der Waals surface area contributed by atoms with Crippen LogP contribution in [-0.2, 0) is 4.79 Å². The molecule has 0 aromatic heterocycles. The molecule has 9 heteroatoms. The highest BCUT2D eigenvalue weighted by Gasteiger charge is 2.38. The quantitative estimate of drug-likeness (QED) is 0.552. The van der Waals surface area contributed by atoms with Crippen molar-refractivity contribution in [1.29, 1.82) is 0 Å². The summed E-state index contributed by atoms with van der Waals surface area (Å²) in [7, 11) is 0. The molecule has 1 heterocycles. The SMILES string of the molecule is C=C1NC(=O)N[C@H](c2cccc([N+](=O)[O-])c2)[C@H]1C(=O)Nc1cccc(Cl)c1. The van der Waals surface area contributed by atoms with Crippen molar-refractivity contribution < 1.29 is 14.5 Å². The van der Waals surface area contributed by atoms with E-state index in [2.05, 4.69) is 22.5 Å². The van der Waals surface area contributed by atoms with Crippen LogP contribution in [0.2, 0.25) is 5.02 Å². The lowest BCUT2D eigenvalue weighted by Gasteiger charge is -2.33. The number of hydrogen-bond acceptors (Lipinski definition) is 4. The molecule has 27 heavy (non-hydrogen) atoms. The van der Waals surface area contributed by atoms with Gasteiger partial charge >= 0.3 is 6.03 Å². The smallest absolute Gasteiger partial charge is 0.319 e. The lowest BCUT2D eigenvalue weighted by Crippen LogP contribution is -2.51. The van der Waals surface area contributed by atoms with Crippen molar-refractivity contribution >= 4 is 34.9 Å². The van der Waals surface area contributed by atoms with Gasteiger partial charge in [0.15, 0.2) is 0 Å². The van der Waals surface area contributed by atoms with Gasteiger partial charge in [0, 0.05) is 28.5 Å². The molecule has 1 aliphatic heterocycles. The Bertz CT molecular complexity index is 946. The summed E-state index contributed by atoms with van der Waals surface area (Å²) in [6.07, 6.45) is 0. The number of benzene rings is 2. The van der Waals surface area contributed by atoms with Crippen molar-refractivity contribution in [2.24, 2.45) is 5.92 Å². The highest BCUT2D eigenvalue weighted by molar-refractivity contribution is 6.30. The number of nitro groups is 1. The molecule has 0 unspecified atom stereocenters. The fourth-order valence-corrected chi connectivity index (χ4v) is 3.08. The minimum atomic E-state index is -0.885. The van der Waals surface area contributed by atoms with Crippen molar-refractivity contribution in [2.45, 2.75) is 6.04 Å². The molecule has 8 nitrogen and oxygen atoms in total. The van der Waals surface area contributed by atoms with Crippen LogP contribution in [-0.4, -0.2) is 16.9 Å². The van der Waals surface area contributed by atoms with Crippen LogP contribution in [0.3, 0.4) is 0 Å². The Morgan fingerprint density at radius 1 is 1.22 bits per heavy atom. The number of carbonyl (C=O) groups excluding carboxylic acids is 2. The van der Waals surface area contributed by atoms with Crippen LogP contribution in [0.25, 0.3) is 0 Å². The molecule has 2 aromatic rings. The molecule has 1 fully saturated rings. The fourth-order valence-electron chi connectivity index (χ4n) is 2.89. The first-order valence-electron chi connectivity index (χ1n) is 7.92. The zero-order valence-corrected chi connectivity index (χ0v) is 14.7. The molecule has 2 atom stereocenters. The monoisotopic (exact) mass is 386 g/mol. The van der Waals surface area contributed by atoms with Gasteiger partial charge in [-0.25, -0.2) is 4.79 Å². The number of anilines is 1. The van der Waals surface area contributed by atoms with Crippen molar-refractivity contribution in [1.82, 2.24) is 10.6 Å². The van der Waals surface area contributed by atoms with E-state index < -0.39 is 28.8 Å². The molecule has 1 aliphatic rings. The van der Waals surface area contributed by atoms with Gasteiger partial charge in [0.1, 0.15) is 5.92 Å². The molecule has 0 aliphatic carbocycles. The van der Waals surface area contributed by atoms with Crippen LogP contribution in [0.1, 0.15) is 11.6 Å². The number of halogens is 1. The van der Waals surface area contributed by atoms with E-state index in [1.54, 1.807) is 30.3 Å². The Kier molecular flexibility index (Phi) is 5.09. The maximum Gasteiger partial charge on any atom is 0.319 e. The predicted molar refractivity (Wildman–Crippen MR) is 100 cm³/mol. The van der Waals surface area contributed by atoms with Gasteiger partial charge in [-0.15, -0.1) is 0 Å². The van der Waals surface area contributed by atoms with Gasteiger partial charge in [0.2, 0.25) is 5.91 Å². The molecule has 0 radical (unpaired) electrons. The Hall–Kier alpha value is -3.39. The van der Waals surface area contributed by atoms with Crippen molar-refractivity contribution in [3.8, 4) is 0 Å². The summed E-state index contributed by atoms with van der Waals surface area (Å²) in [5.74, 6) is -1.32. The summed E-state index contributed by atoms with van der Waals surface area (Å²) >= 11 is 5.93. The standard InChI is InChI=1S/C18H15ClN4O4/c1-10-15(17(24)21-13-6-3-5-12(19)9-13)16(22-18(25)20-10)11-4-2-7-14(8-11)23(26)27/h2-9,15-16H,1H2,(H,21,24)(H2,20,22,25)/t15-,16+/m0/s1. The first-order valence-corrected chi connectivity index (χ1v) is 8.30. The zero-order chi connectivity index (χ0) is 19.6. The van der Waals surface area contributed by atoms with E-state index in [0.717, 1.165) is 0 Å². The molecule has 0 bridgehead atoms. The lowest BCUT2D eigenvalue weighted by atomic mass is 9.88. The molecule has 3 rings (SSSR count). The van der Waals surface area contributed by atoms with Gasteiger partial charge in [0.25, 0.3) is 5.69 Å². The average molecular weight is 387 g/mol. The molecule has 1 saturated heterocycles. The van der Waals surface area contributed by atoms with E-state index in [4.69, 9.17) is 11.6 Å². The number of non-ortho nitro benzene ring substituents is 1. The van der Waals surface area contributed by atoms with Crippen LogP contribution in [0.4, 0.5) is 16.2 Å². The topological polar surface area (TPSA) is 113 Å². The van der Waals surface area contributed by atoms with Crippen LogP contribution >= 0.6 is 11.6 Å². The lowest BCUT2D eigenvalue weighted by molar-refractivity contribution is -0.384. The summed E-state index contributed by atoms with van der Waals surface area (Å²) in [5, 5.41) is 19.3. The van der Waals surface area contributed by atoms with Crippen LogP contribution in [0.5, 0.6) is 0 Å². The number of nitro benzene ring substituents is 1. The minimum Gasteiger partial charge on any atom is -0.330 e. The molecule has 138 valence electrons. The molecule has 3 N–H and O–H groups in total.